The zero-order valence-electron chi connectivity index (χ0n) is 18.8. The fourth-order valence-corrected chi connectivity index (χ4v) is 4.32. The van der Waals surface area contributed by atoms with Gasteiger partial charge in [0, 0.05) is 49.6 Å². The van der Waals surface area contributed by atoms with Crippen molar-refractivity contribution >= 4 is 11.9 Å². The number of amides is 1. The summed E-state index contributed by atoms with van der Waals surface area (Å²) in [4.78, 5) is 30.5. The lowest BCUT2D eigenvalue weighted by Crippen LogP contribution is -2.48. The van der Waals surface area contributed by atoms with Crippen LogP contribution in [0.2, 0.25) is 0 Å². The molecule has 0 spiro atoms. The summed E-state index contributed by atoms with van der Waals surface area (Å²) in [6, 6.07) is 6.92. The van der Waals surface area contributed by atoms with E-state index in [1.807, 2.05) is 11.8 Å². The number of carbonyl (C=O) groups excluding carboxylic acids is 1. The first-order valence-corrected chi connectivity index (χ1v) is 11.5. The van der Waals surface area contributed by atoms with Gasteiger partial charge in [0.1, 0.15) is 11.9 Å². The summed E-state index contributed by atoms with van der Waals surface area (Å²) in [6.45, 7) is 3.47. The fraction of sp³-hybridized carbons (Fsp3) is 0.417. The number of nitriles is 1. The van der Waals surface area contributed by atoms with Crippen molar-refractivity contribution in [3.05, 3.63) is 53.4 Å². The molecule has 0 N–H and O–H groups in total. The molecule has 3 heterocycles. The Hall–Kier alpha value is -3.87. The van der Waals surface area contributed by atoms with Crippen molar-refractivity contribution in [2.75, 3.05) is 18.0 Å². The number of carbonyl (C=O) groups is 1. The molecule has 1 saturated carbocycles. The van der Waals surface area contributed by atoms with Crippen LogP contribution in [0.25, 0.3) is 11.4 Å². The van der Waals surface area contributed by atoms with E-state index in [9.17, 15) is 9.18 Å². The fourth-order valence-electron chi connectivity index (χ4n) is 4.32. The van der Waals surface area contributed by atoms with E-state index in [0.29, 0.717) is 28.8 Å². The second kappa shape index (κ2) is 9.17. The van der Waals surface area contributed by atoms with Crippen molar-refractivity contribution in [1.82, 2.24) is 25.0 Å². The molecule has 0 unspecified atom stereocenters. The number of benzene rings is 1. The molecule has 1 aliphatic carbocycles. The number of aryl methyl sites for hydroxylation is 1. The van der Waals surface area contributed by atoms with Crippen LogP contribution in [-0.4, -0.2) is 56.1 Å². The number of aromatic nitrogens is 4. The molecule has 1 saturated heterocycles. The summed E-state index contributed by atoms with van der Waals surface area (Å²) in [5.41, 5.74) is 0.831. The minimum absolute atomic E-state index is 0.0356. The molecule has 1 aliphatic heterocycles. The number of rotatable bonds is 6. The van der Waals surface area contributed by atoms with Crippen LogP contribution in [0.15, 0.2) is 35.1 Å². The second-order valence-electron chi connectivity index (χ2n) is 8.61. The first kappa shape index (κ1) is 21.9. The van der Waals surface area contributed by atoms with Crippen molar-refractivity contribution in [3.8, 4) is 17.5 Å². The van der Waals surface area contributed by atoms with Gasteiger partial charge in [-0.15, -0.1) is 0 Å². The molecule has 9 nitrogen and oxygen atoms in total. The average Bonchev–Trinajstić information content (AvgIpc) is 3.59. The Morgan fingerprint density at radius 1 is 1.21 bits per heavy atom. The summed E-state index contributed by atoms with van der Waals surface area (Å²) in [6.07, 6.45) is 7.35. The Kier molecular flexibility index (Phi) is 5.92. The Bertz CT molecular complexity index is 1220. The maximum absolute atomic E-state index is 14.0. The summed E-state index contributed by atoms with van der Waals surface area (Å²) in [5.74, 6) is 0.294. The molecule has 1 amide bonds. The molecule has 2 aromatic heterocycles. The van der Waals surface area contributed by atoms with Crippen molar-refractivity contribution in [3.63, 3.8) is 0 Å². The molecular formula is C24H24FN7O2. The van der Waals surface area contributed by atoms with Gasteiger partial charge in [0.2, 0.25) is 0 Å². The predicted octanol–water partition coefficient (Wildman–Crippen LogP) is 3.37. The first-order chi connectivity index (χ1) is 16.6. The normalized spacial score (nSPS) is 16.3. The van der Waals surface area contributed by atoms with E-state index in [2.05, 4.69) is 25.0 Å². The second-order valence-corrected chi connectivity index (χ2v) is 8.61. The highest BCUT2D eigenvalue weighted by Crippen LogP contribution is 2.34. The zero-order valence-corrected chi connectivity index (χ0v) is 18.8. The monoisotopic (exact) mass is 461 g/mol. The molecular weight excluding hydrogens is 437 g/mol. The highest BCUT2D eigenvalue weighted by atomic mass is 19.1. The number of piperidine rings is 1. The van der Waals surface area contributed by atoms with E-state index >= 15 is 0 Å². The standard InChI is InChI=1S/C24H24FN7O2/c1-2-21-29-24(34-30-21)31-9-7-19(8-10-31)32(18-5-6-18)23(33)17-13-27-22(28-14-17)15-3-4-16(12-26)20(25)11-15/h3-4,11,13-14,18-19H,2,5-10H2,1H3. The summed E-state index contributed by atoms with van der Waals surface area (Å²) in [7, 11) is 0. The number of anilines is 1. The van der Waals surface area contributed by atoms with Crippen LogP contribution in [-0.2, 0) is 6.42 Å². The largest absolute Gasteiger partial charge is 0.332 e. The average molecular weight is 462 g/mol. The summed E-state index contributed by atoms with van der Waals surface area (Å²) < 4.78 is 19.3. The topological polar surface area (TPSA) is 112 Å². The molecule has 10 heteroatoms. The zero-order chi connectivity index (χ0) is 23.7. The lowest BCUT2D eigenvalue weighted by atomic mass is 10.0. The van der Waals surface area contributed by atoms with Crippen LogP contribution in [0.4, 0.5) is 10.4 Å². The van der Waals surface area contributed by atoms with E-state index < -0.39 is 5.82 Å². The van der Waals surface area contributed by atoms with Gasteiger partial charge in [0.05, 0.1) is 11.1 Å². The van der Waals surface area contributed by atoms with E-state index in [0.717, 1.165) is 45.2 Å². The van der Waals surface area contributed by atoms with Gasteiger partial charge in [-0.1, -0.05) is 12.1 Å². The minimum Gasteiger partial charge on any atom is -0.332 e. The molecule has 5 rings (SSSR count). The van der Waals surface area contributed by atoms with Crippen molar-refractivity contribution in [2.24, 2.45) is 0 Å². The molecule has 2 fully saturated rings. The van der Waals surface area contributed by atoms with Gasteiger partial charge in [0.15, 0.2) is 11.6 Å². The van der Waals surface area contributed by atoms with Crippen LogP contribution < -0.4 is 4.90 Å². The van der Waals surface area contributed by atoms with Gasteiger partial charge in [-0.05, 0) is 43.9 Å². The Labute approximate surface area is 196 Å². The van der Waals surface area contributed by atoms with Gasteiger partial charge in [-0.2, -0.15) is 10.2 Å². The van der Waals surface area contributed by atoms with Crippen LogP contribution in [0, 0.1) is 17.1 Å². The summed E-state index contributed by atoms with van der Waals surface area (Å²) in [5, 5.41) is 12.9. The van der Waals surface area contributed by atoms with E-state index in [-0.39, 0.29) is 23.6 Å². The van der Waals surface area contributed by atoms with Crippen LogP contribution >= 0.6 is 0 Å². The molecule has 0 atom stereocenters. The third-order valence-corrected chi connectivity index (χ3v) is 6.32. The van der Waals surface area contributed by atoms with Gasteiger partial charge in [-0.25, -0.2) is 14.4 Å². The number of nitrogens with zero attached hydrogens (tertiary/aromatic N) is 7. The SMILES string of the molecule is CCc1noc(N2CCC(N(C(=O)c3cnc(-c4ccc(C#N)c(F)c4)nc3)C3CC3)CC2)n1. The number of hydrogen-bond acceptors (Lipinski definition) is 8. The van der Waals surface area contributed by atoms with Crippen molar-refractivity contribution in [2.45, 2.75) is 51.1 Å². The molecule has 3 aromatic rings. The lowest BCUT2D eigenvalue weighted by Gasteiger charge is -2.38. The first-order valence-electron chi connectivity index (χ1n) is 11.5. The Balaban J connectivity index is 1.28. The maximum atomic E-state index is 14.0. The van der Waals surface area contributed by atoms with Crippen LogP contribution in [0.1, 0.15) is 54.4 Å². The highest BCUT2D eigenvalue weighted by Gasteiger charge is 2.39. The molecule has 0 radical (unpaired) electrons. The van der Waals surface area contributed by atoms with Crippen LogP contribution in [0.5, 0.6) is 0 Å². The van der Waals surface area contributed by atoms with E-state index in [1.54, 1.807) is 12.1 Å². The minimum atomic E-state index is -0.624. The van der Waals surface area contributed by atoms with Gasteiger partial charge < -0.3 is 14.3 Å². The van der Waals surface area contributed by atoms with Gasteiger partial charge in [-0.3, -0.25) is 4.79 Å². The number of hydrogen-bond donors (Lipinski definition) is 0. The third-order valence-electron chi connectivity index (χ3n) is 6.32. The molecule has 174 valence electrons. The molecule has 0 bridgehead atoms. The molecule has 34 heavy (non-hydrogen) atoms. The Morgan fingerprint density at radius 2 is 1.91 bits per heavy atom. The van der Waals surface area contributed by atoms with Gasteiger partial charge in [0.25, 0.3) is 5.91 Å². The predicted molar refractivity (Wildman–Crippen MR) is 120 cm³/mol. The molecule has 1 aromatic carbocycles. The van der Waals surface area contributed by atoms with E-state index in [4.69, 9.17) is 9.78 Å². The highest BCUT2D eigenvalue weighted by molar-refractivity contribution is 5.94. The van der Waals surface area contributed by atoms with Crippen LogP contribution in [0.3, 0.4) is 0 Å². The quantitative estimate of drug-likeness (QED) is 0.549. The van der Waals surface area contributed by atoms with E-state index in [1.165, 1.54) is 24.5 Å². The Morgan fingerprint density at radius 3 is 2.50 bits per heavy atom. The maximum Gasteiger partial charge on any atom is 0.324 e. The molecule has 2 aliphatic rings. The van der Waals surface area contributed by atoms with Crippen molar-refractivity contribution in [1.29, 1.82) is 5.26 Å². The smallest absolute Gasteiger partial charge is 0.324 e. The third kappa shape index (κ3) is 4.33. The van der Waals surface area contributed by atoms with Gasteiger partial charge >= 0.3 is 6.01 Å². The van der Waals surface area contributed by atoms with Crippen molar-refractivity contribution < 1.29 is 13.7 Å². The summed E-state index contributed by atoms with van der Waals surface area (Å²) >= 11 is 0. The number of halogens is 1. The lowest BCUT2D eigenvalue weighted by molar-refractivity contribution is 0.0628.